The van der Waals surface area contributed by atoms with E-state index in [9.17, 15) is 26.7 Å². The topological polar surface area (TPSA) is 75.4 Å². The second-order valence-electron chi connectivity index (χ2n) is 8.13. The Balaban J connectivity index is 1.75. The van der Waals surface area contributed by atoms with E-state index in [-0.39, 0.29) is 18.9 Å². The van der Waals surface area contributed by atoms with Crippen LogP contribution in [0.5, 0.6) is 0 Å². The zero-order valence-corrected chi connectivity index (χ0v) is 17.3. The number of halogens is 3. The second-order valence-corrected chi connectivity index (χ2v) is 9.99. The SMILES string of the molecule is Cn1cc(S(=O)(=O)N2CCC(O)(c3ccccc3)C3CCCCC32)c(C(F)(F)F)n1. The van der Waals surface area contributed by atoms with Gasteiger partial charge in [-0.15, -0.1) is 0 Å². The number of hydrogen-bond acceptors (Lipinski definition) is 4. The van der Waals surface area contributed by atoms with Crippen LogP contribution in [0.15, 0.2) is 41.4 Å². The second kappa shape index (κ2) is 7.35. The summed E-state index contributed by atoms with van der Waals surface area (Å²) in [6, 6.07) is 8.55. The molecule has 1 saturated heterocycles. The standard InChI is InChI=1S/C20H24F3N3O3S/c1-25-13-17(18(24-25)20(21,22)23)30(28,29)26-12-11-19(27,14-7-3-2-4-8-14)15-9-5-6-10-16(15)26/h2-4,7-8,13,15-16,27H,5-6,9-12H2,1H3. The first-order valence-corrected chi connectivity index (χ1v) is 11.4. The van der Waals surface area contributed by atoms with Crippen LogP contribution in [0.3, 0.4) is 0 Å². The van der Waals surface area contributed by atoms with Crippen LogP contribution < -0.4 is 0 Å². The van der Waals surface area contributed by atoms with Gasteiger partial charge >= 0.3 is 6.18 Å². The van der Waals surface area contributed by atoms with Crippen LogP contribution >= 0.6 is 0 Å². The number of fused-ring (bicyclic) bond motifs is 1. The van der Waals surface area contributed by atoms with Crippen molar-refractivity contribution in [3.05, 3.63) is 47.8 Å². The van der Waals surface area contributed by atoms with E-state index in [1.54, 1.807) is 0 Å². The lowest BCUT2D eigenvalue weighted by molar-refractivity contribution is -0.143. The average molecular weight is 443 g/mol. The van der Waals surface area contributed by atoms with Gasteiger partial charge < -0.3 is 5.11 Å². The van der Waals surface area contributed by atoms with Gasteiger partial charge in [-0.1, -0.05) is 43.2 Å². The molecule has 30 heavy (non-hydrogen) atoms. The van der Waals surface area contributed by atoms with Gasteiger partial charge in [-0.3, -0.25) is 4.68 Å². The molecule has 2 aromatic rings. The Hall–Kier alpha value is -1.91. The number of aliphatic hydroxyl groups is 1. The molecule has 10 heteroatoms. The lowest BCUT2D eigenvalue weighted by Gasteiger charge is -2.51. The highest BCUT2D eigenvalue weighted by atomic mass is 32.2. The molecule has 2 heterocycles. The number of nitrogens with zero attached hydrogens (tertiary/aromatic N) is 3. The first-order valence-electron chi connectivity index (χ1n) is 9.96. The molecule has 1 saturated carbocycles. The van der Waals surface area contributed by atoms with Crippen molar-refractivity contribution in [2.24, 2.45) is 13.0 Å². The Morgan fingerprint density at radius 2 is 1.83 bits per heavy atom. The predicted octanol–water partition coefficient (Wildman–Crippen LogP) is 3.28. The molecule has 2 fully saturated rings. The lowest BCUT2D eigenvalue weighted by Crippen LogP contribution is -2.58. The zero-order chi connectivity index (χ0) is 21.7. The fourth-order valence-electron chi connectivity index (χ4n) is 5.01. The number of alkyl halides is 3. The molecule has 0 amide bonds. The highest BCUT2D eigenvalue weighted by molar-refractivity contribution is 7.89. The van der Waals surface area contributed by atoms with Gasteiger partial charge in [-0.05, 0) is 24.8 Å². The van der Waals surface area contributed by atoms with Crippen LogP contribution in [0.2, 0.25) is 0 Å². The van der Waals surface area contributed by atoms with Crippen molar-refractivity contribution < 1.29 is 26.7 Å². The van der Waals surface area contributed by atoms with Crippen molar-refractivity contribution in [3.8, 4) is 0 Å². The highest BCUT2D eigenvalue weighted by Gasteiger charge is 2.53. The fourth-order valence-corrected chi connectivity index (χ4v) is 6.89. The largest absolute Gasteiger partial charge is 0.436 e. The van der Waals surface area contributed by atoms with Gasteiger partial charge in [-0.25, -0.2) is 8.42 Å². The van der Waals surface area contributed by atoms with Crippen molar-refractivity contribution in [2.45, 2.75) is 54.8 Å². The molecule has 4 rings (SSSR count). The number of benzene rings is 1. The summed E-state index contributed by atoms with van der Waals surface area (Å²) in [5, 5.41) is 14.9. The molecule has 0 radical (unpaired) electrons. The zero-order valence-electron chi connectivity index (χ0n) is 16.5. The first kappa shape index (κ1) is 21.3. The van der Waals surface area contributed by atoms with E-state index in [0.29, 0.717) is 12.8 Å². The molecule has 3 unspecified atom stereocenters. The fraction of sp³-hybridized carbons (Fsp3) is 0.550. The third kappa shape index (κ3) is 3.44. The molecule has 1 aromatic carbocycles. The Labute approximate surface area is 173 Å². The maximum Gasteiger partial charge on any atom is 0.436 e. The highest BCUT2D eigenvalue weighted by Crippen LogP contribution is 2.48. The molecular weight excluding hydrogens is 419 g/mol. The van der Waals surface area contributed by atoms with E-state index in [4.69, 9.17) is 0 Å². The molecule has 0 bridgehead atoms. The molecule has 0 spiro atoms. The number of piperidine rings is 1. The normalized spacial score (nSPS) is 28.3. The number of aryl methyl sites for hydroxylation is 1. The lowest BCUT2D eigenvalue weighted by atomic mass is 9.67. The smallest absolute Gasteiger partial charge is 0.385 e. The summed E-state index contributed by atoms with van der Waals surface area (Å²) in [5.74, 6) is -0.386. The Bertz CT molecular complexity index is 1020. The average Bonchev–Trinajstić information content (AvgIpc) is 3.12. The van der Waals surface area contributed by atoms with Crippen LogP contribution in [-0.4, -0.2) is 40.2 Å². The van der Waals surface area contributed by atoms with Crippen molar-refractivity contribution in [2.75, 3.05) is 6.54 Å². The van der Waals surface area contributed by atoms with Gasteiger partial charge in [0.15, 0.2) is 5.69 Å². The van der Waals surface area contributed by atoms with Gasteiger partial charge in [0, 0.05) is 31.7 Å². The summed E-state index contributed by atoms with van der Waals surface area (Å²) in [7, 11) is -3.17. The molecule has 1 aliphatic carbocycles. The molecular formula is C20H24F3N3O3S. The molecule has 2 aliphatic rings. The van der Waals surface area contributed by atoms with Crippen LogP contribution in [0.1, 0.15) is 43.4 Å². The van der Waals surface area contributed by atoms with Gasteiger partial charge in [-0.2, -0.15) is 22.6 Å². The van der Waals surface area contributed by atoms with E-state index in [1.165, 1.54) is 11.4 Å². The maximum atomic E-state index is 13.4. The Kier molecular flexibility index (Phi) is 5.22. The van der Waals surface area contributed by atoms with Crippen LogP contribution in [-0.2, 0) is 28.8 Å². The molecule has 6 nitrogen and oxygen atoms in total. The van der Waals surface area contributed by atoms with Crippen LogP contribution in [0, 0.1) is 5.92 Å². The molecule has 1 aliphatic heterocycles. The van der Waals surface area contributed by atoms with Gasteiger partial charge in [0.05, 0.1) is 5.60 Å². The number of rotatable bonds is 3. The summed E-state index contributed by atoms with van der Waals surface area (Å²) >= 11 is 0. The Morgan fingerprint density at radius 1 is 1.17 bits per heavy atom. The Morgan fingerprint density at radius 3 is 2.50 bits per heavy atom. The molecule has 3 atom stereocenters. The van der Waals surface area contributed by atoms with Crippen molar-refractivity contribution in [1.29, 1.82) is 0 Å². The maximum absolute atomic E-state index is 13.4. The van der Waals surface area contributed by atoms with Crippen LogP contribution in [0.25, 0.3) is 0 Å². The molecule has 1 aromatic heterocycles. The summed E-state index contributed by atoms with van der Waals surface area (Å²) in [4.78, 5) is -0.827. The predicted molar refractivity (Wildman–Crippen MR) is 103 cm³/mol. The quantitative estimate of drug-likeness (QED) is 0.790. The summed E-state index contributed by atoms with van der Waals surface area (Å²) in [6.07, 6.45) is -1.13. The van der Waals surface area contributed by atoms with Crippen molar-refractivity contribution in [3.63, 3.8) is 0 Å². The minimum Gasteiger partial charge on any atom is -0.385 e. The van der Waals surface area contributed by atoms with E-state index >= 15 is 0 Å². The minimum atomic E-state index is -4.88. The summed E-state index contributed by atoms with van der Waals surface area (Å²) in [5.41, 5.74) is -1.89. The van der Waals surface area contributed by atoms with Crippen molar-refractivity contribution >= 4 is 10.0 Å². The summed E-state index contributed by atoms with van der Waals surface area (Å²) < 4.78 is 69.1. The third-order valence-electron chi connectivity index (χ3n) is 6.35. The first-order chi connectivity index (χ1) is 14.0. The monoisotopic (exact) mass is 443 g/mol. The van der Waals surface area contributed by atoms with E-state index in [2.05, 4.69) is 5.10 Å². The minimum absolute atomic E-state index is 0.0545. The van der Waals surface area contributed by atoms with Gasteiger partial charge in [0.25, 0.3) is 0 Å². The number of aromatic nitrogens is 2. The summed E-state index contributed by atoms with van der Waals surface area (Å²) in [6.45, 7) is -0.0545. The number of hydrogen-bond donors (Lipinski definition) is 1. The van der Waals surface area contributed by atoms with E-state index in [0.717, 1.165) is 29.3 Å². The van der Waals surface area contributed by atoms with Crippen LogP contribution in [0.4, 0.5) is 13.2 Å². The van der Waals surface area contributed by atoms with Crippen molar-refractivity contribution in [1.82, 2.24) is 14.1 Å². The number of sulfonamides is 1. The van der Waals surface area contributed by atoms with Gasteiger partial charge in [0.2, 0.25) is 10.0 Å². The van der Waals surface area contributed by atoms with Gasteiger partial charge in [0.1, 0.15) is 4.90 Å². The van der Waals surface area contributed by atoms with E-state index < -0.39 is 38.4 Å². The van der Waals surface area contributed by atoms with E-state index in [1.807, 2.05) is 30.3 Å². The molecule has 1 N–H and O–H groups in total. The third-order valence-corrected chi connectivity index (χ3v) is 8.28. The molecule has 164 valence electrons.